The second-order valence-electron chi connectivity index (χ2n) is 4.54. The van der Waals surface area contributed by atoms with Gasteiger partial charge in [-0.05, 0) is 30.2 Å². The van der Waals surface area contributed by atoms with Gasteiger partial charge in [-0.1, -0.05) is 11.8 Å². The molecule has 4 nitrogen and oxygen atoms in total. The molecule has 1 atom stereocenters. The van der Waals surface area contributed by atoms with Crippen LogP contribution < -0.4 is 4.90 Å². The van der Waals surface area contributed by atoms with Crippen LogP contribution in [0.15, 0.2) is 24.3 Å². The van der Waals surface area contributed by atoms with Gasteiger partial charge in [0.15, 0.2) is 5.12 Å². The van der Waals surface area contributed by atoms with Crippen molar-refractivity contribution in [2.45, 2.75) is 13.3 Å². The van der Waals surface area contributed by atoms with E-state index >= 15 is 0 Å². The molecule has 1 aliphatic heterocycles. The van der Waals surface area contributed by atoms with Crippen molar-refractivity contribution in [3.63, 3.8) is 0 Å². The van der Waals surface area contributed by atoms with Gasteiger partial charge in [-0.15, -0.1) is 0 Å². The average molecular weight is 274 g/mol. The van der Waals surface area contributed by atoms with Crippen LogP contribution >= 0.6 is 11.8 Å². The zero-order valence-electron chi connectivity index (χ0n) is 10.6. The fourth-order valence-corrected chi connectivity index (χ4v) is 2.79. The Kier molecular flexibility index (Phi) is 4.23. The Labute approximate surface area is 116 Å². The first-order valence-corrected chi connectivity index (χ1v) is 7.02. The van der Waals surface area contributed by atoms with E-state index in [1.807, 2.05) is 0 Å². The van der Waals surface area contributed by atoms with Crippen molar-refractivity contribution >= 4 is 28.5 Å². The lowest BCUT2D eigenvalue weighted by molar-refractivity contribution is -0.117. The average Bonchev–Trinajstić information content (AvgIpc) is 2.78. The Morgan fingerprint density at radius 1 is 1.47 bits per heavy atom. The molecule has 0 radical (unpaired) electrons. The molecule has 0 bridgehead atoms. The predicted octanol–water partition coefficient (Wildman–Crippen LogP) is 2.19. The molecule has 19 heavy (non-hydrogen) atoms. The second-order valence-corrected chi connectivity index (χ2v) is 5.73. The van der Waals surface area contributed by atoms with Crippen molar-refractivity contribution in [2.24, 2.45) is 5.92 Å². The number of benzene rings is 1. The summed E-state index contributed by atoms with van der Waals surface area (Å²) >= 11 is 1.27. The van der Waals surface area contributed by atoms with Crippen molar-refractivity contribution in [1.29, 1.82) is 5.26 Å². The van der Waals surface area contributed by atoms with Crippen LogP contribution in [-0.4, -0.2) is 23.3 Å². The van der Waals surface area contributed by atoms with Gasteiger partial charge in [0.25, 0.3) is 0 Å². The number of nitriles is 1. The summed E-state index contributed by atoms with van der Waals surface area (Å²) in [5.74, 6) is 0.990. The number of thioether (sulfide) groups is 1. The summed E-state index contributed by atoms with van der Waals surface area (Å²) < 4.78 is 0. The van der Waals surface area contributed by atoms with E-state index in [-0.39, 0.29) is 16.9 Å². The van der Waals surface area contributed by atoms with E-state index < -0.39 is 0 Å². The molecule has 1 aliphatic rings. The molecule has 98 valence electrons. The Hall–Kier alpha value is -1.80. The van der Waals surface area contributed by atoms with Crippen LogP contribution in [0.5, 0.6) is 0 Å². The van der Waals surface area contributed by atoms with Crippen LogP contribution in [0.1, 0.15) is 18.9 Å². The van der Waals surface area contributed by atoms with Gasteiger partial charge in [0.1, 0.15) is 0 Å². The zero-order valence-corrected chi connectivity index (χ0v) is 11.4. The molecule has 1 unspecified atom stereocenters. The molecule has 1 fully saturated rings. The zero-order chi connectivity index (χ0) is 13.8. The summed E-state index contributed by atoms with van der Waals surface area (Å²) in [7, 11) is 0. The number of rotatable bonds is 3. The first-order valence-electron chi connectivity index (χ1n) is 6.04. The van der Waals surface area contributed by atoms with E-state index in [2.05, 4.69) is 6.07 Å². The maximum absolute atomic E-state index is 12.0. The number of hydrogen-bond acceptors (Lipinski definition) is 4. The first-order chi connectivity index (χ1) is 9.10. The van der Waals surface area contributed by atoms with E-state index in [0.717, 1.165) is 5.69 Å². The van der Waals surface area contributed by atoms with E-state index in [1.165, 1.54) is 11.8 Å². The lowest BCUT2D eigenvalue weighted by Gasteiger charge is -2.16. The van der Waals surface area contributed by atoms with Crippen LogP contribution in [0.3, 0.4) is 0 Å². The molecular formula is C14H14N2O2S. The van der Waals surface area contributed by atoms with Crippen molar-refractivity contribution < 1.29 is 9.59 Å². The van der Waals surface area contributed by atoms with Gasteiger partial charge >= 0.3 is 0 Å². The van der Waals surface area contributed by atoms with Crippen LogP contribution in [0, 0.1) is 17.2 Å². The summed E-state index contributed by atoms with van der Waals surface area (Å²) in [4.78, 5) is 24.6. The van der Waals surface area contributed by atoms with Crippen LogP contribution in [0.2, 0.25) is 0 Å². The molecule has 5 heteroatoms. The third kappa shape index (κ3) is 3.36. The second kappa shape index (κ2) is 5.89. The first kappa shape index (κ1) is 13.6. The molecule has 2 rings (SSSR count). The molecule has 0 saturated carbocycles. The molecule has 1 heterocycles. The summed E-state index contributed by atoms with van der Waals surface area (Å²) in [5.41, 5.74) is 1.40. The minimum absolute atomic E-state index is 0.0823. The number of amides is 1. The largest absolute Gasteiger partial charge is 0.312 e. The molecule has 1 amide bonds. The minimum atomic E-state index is 0.0823. The molecule has 0 aliphatic carbocycles. The number of carbonyl (C=O) groups is 2. The fourth-order valence-electron chi connectivity index (χ4n) is 2.09. The summed E-state index contributed by atoms with van der Waals surface area (Å²) in [6.45, 7) is 2.19. The van der Waals surface area contributed by atoms with Crippen molar-refractivity contribution in [3.8, 4) is 6.07 Å². The fraction of sp³-hybridized carbons (Fsp3) is 0.357. The molecular weight excluding hydrogens is 260 g/mol. The van der Waals surface area contributed by atoms with E-state index in [9.17, 15) is 9.59 Å². The number of hydrogen-bond donors (Lipinski definition) is 0. The van der Waals surface area contributed by atoms with Crippen molar-refractivity contribution in [3.05, 3.63) is 29.8 Å². The Balaban J connectivity index is 2.03. The number of nitrogens with zero attached hydrogens (tertiary/aromatic N) is 2. The van der Waals surface area contributed by atoms with Crippen LogP contribution in [0.4, 0.5) is 5.69 Å². The van der Waals surface area contributed by atoms with Gasteiger partial charge in [0.2, 0.25) is 5.91 Å². The lowest BCUT2D eigenvalue weighted by atomic mass is 10.1. The minimum Gasteiger partial charge on any atom is -0.312 e. The van der Waals surface area contributed by atoms with Crippen molar-refractivity contribution in [1.82, 2.24) is 0 Å². The van der Waals surface area contributed by atoms with Gasteiger partial charge in [0, 0.05) is 31.3 Å². The number of anilines is 1. The van der Waals surface area contributed by atoms with Crippen LogP contribution in [0.25, 0.3) is 0 Å². The molecule has 0 N–H and O–H groups in total. The Bertz CT molecular complexity index is 533. The van der Waals surface area contributed by atoms with Gasteiger partial charge in [-0.2, -0.15) is 5.26 Å². The topological polar surface area (TPSA) is 61.2 Å². The third-order valence-corrected chi connectivity index (χ3v) is 4.08. The summed E-state index contributed by atoms with van der Waals surface area (Å²) in [5, 5.41) is 8.83. The smallest absolute Gasteiger partial charge is 0.227 e. The monoisotopic (exact) mass is 274 g/mol. The highest BCUT2D eigenvalue weighted by atomic mass is 32.2. The number of carbonyl (C=O) groups excluding carboxylic acids is 2. The standard InChI is InChI=1S/C14H14N2O2S/c1-10(17)19-9-12-6-14(18)16(8-12)13-4-2-11(7-15)3-5-13/h2-5,12H,6,8-9H2,1H3. The predicted molar refractivity (Wildman–Crippen MR) is 74.8 cm³/mol. The van der Waals surface area contributed by atoms with Crippen LogP contribution in [-0.2, 0) is 9.59 Å². The van der Waals surface area contributed by atoms with E-state index in [0.29, 0.717) is 24.3 Å². The third-order valence-electron chi connectivity index (χ3n) is 3.04. The maximum atomic E-state index is 12.0. The molecule has 0 aromatic heterocycles. The molecule has 1 saturated heterocycles. The SMILES string of the molecule is CC(=O)SCC1CC(=O)N(c2ccc(C#N)cc2)C1. The van der Waals surface area contributed by atoms with E-state index in [4.69, 9.17) is 5.26 Å². The molecule has 0 spiro atoms. The molecule has 1 aromatic carbocycles. The summed E-state index contributed by atoms with van der Waals surface area (Å²) in [6, 6.07) is 9.05. The molecule has 1 aromatic rings. The van der Waals surface area contributed by atoms with Gasteiger partial charge in [0.05, 0.1) is 11.6 Å². The highest BCUT2D eigenvalue weighted by molar-refractivity contribution is 8.13. The quantitative estimate of drug-likeness (QED) is 0.847. The van der Waals surface area contributed by atoms with Crippen molar-refractivity contribution in [2.75, 3.05) is 17.2 Å². The highest BCUT2D eigenvalue weighted by Crippen LogP contribution is 2.27. The maximum Gasteiger partial charge on any atom is 0.227 e. The van der Waals surface area contributed by atoms with Gasteiger partial charge in [-0.25, -0.2) is 0 Å². The summed E-state index contributed by atoms with van der Waals surface area (Å²) in [6.07, 6.45) is 0.486. The van der Waals surface area contributed by atoms with Gasteiger partial charge < -0.3 is 4.90 Å². The van der Waals surface area contributed by atoms with Gasteiger partial charge in [-0.3, -0.25) is 9.59 Å². The normalized spacial score (nSPS) is 18.4. The highest BCUT2D eigenvalue weighted by Gasteiger charge is 2.30. The van der Waals surface area contributed by atoms with E-state index in [1.54, 1.807) is 36.1 Å². The Morgan fingerprint density at radius 3 is 2.74 bits per heavy atom. The Morgan fingerprint density at radius 2 is 2.16 bits per heavy atom. The lowest BCUT2D eigenvalue weighted by Crippen LogP contribution is -2.24.